The SMILES string of the molecule is CC(=O)N1CCC(C(=O)NC[C@@H](c2ccccc2)c2c[nH]c3ccccc23)CC1. The zero-order chi connectivity index (χ0) is 20.2. The zero-order valence-electron chi connectivity index (χ0n) is 16.7. The second kappa shape index (κ2) is 8.52. The third kappa shape index (κ3) is 4.19. The van der Waals surface area contributed by atoms with Crippen molar-refractivity contribution in [3.63, 3.8) is 0 Å². The van der Waals surface area contributed by atoms with Crippen LogP contribution in [0.15, 0.2) is 60.8 Å². The molecule has 4 rings (SSSR count). The lowest BCUT2D eigenvalue weighted by Gasteiger charge is -2.31. The summed E-state index contributed by atoms with van der Waals surface area (Å²) in [6.07, 6.45) is 3.52. The number of piperidine rings is 1. The van der Waals surface area contributed by atoms with Crippen LogP contribution < -0.4 is 5.32 Å². The fourth-order valence-electron chi connectivity index (χ4n) is 4.28. The first-order chi connectivity index (χ1) is 14.1. The number of benzene rings is 2. The Labute approximate surface area is 171 Å². The molecule has 1 aromatic heterocycles. The molecule has 0 radical (unpaired) electrons. The number of fused-ring (bicyclic) bond motifs is 1. The maximum absolute atomic E-state index is 12.8. The molecule has 5 heteroatoms. The molecule has 1 fully saturated rings. The number of hydrogen-bond acceptors (Lipinski definition) is 2. The van der Waals surface area contributed by atoms with Crippen molar-refractivity contribution in [3.8, 4) is 0 Å². The average molecular weight is 389 g/mol. The van der Waals surface area contributed by atoms with E-state index in [0.29, 0.717) is 19.6 Å². The lowest BCUT2D eigenvalue weighted by Crippen LogP contribution is -2.43. The molecule has 2 N–H and O–H groups in total. The number of nitrogens with one attached hydrogen (secondary N) is 2. The standard InChI is InChI=1S/C24H27N3O2/c1-17(28)27-13-11-19(12-14-27)24(29)26-15-21(18-7-3-2-4-8-18)22-16-25-23-10-6-5-9-20(22)23/h2-10,16,19,21,25H,11-15H2,1H3,(H,26,29)/t21-/m0/s1. The van der Waals surface area contributed by atoms with E-state index in [-0.39, 0.29) is 23.7 Å². The summed E-state index contributed by atoms with van der Waals surface area (Å²) in [5.41, 5.74) is 3.48. The van der Waals surface area contributed by atoms with E-state index in [9.17, 15) is 9.59 Å². The number of aromatic amines is 1. The number of carbonyl (C=O) groups excluding carboxylic acids is 2. The molecule has 1 atom stereocenters. The Morgan fingerprint density at radius 3 is 2.48 bits per heavy atom. The van der Waals surface area contributed by atoms with Gasteiger partial charge in [-0.2, -0.15) is 0 Å². The van der Waals surface area contributed by atoms with Crippen LogP contribution in [0.1, 0.15) is 36.8 Å². The topological polar surface area (TPSA) is 65.2 Å². The fraction of sp³-hybridized carbons (Fsp3) is 0.333. The Hall–Kier alpha value is -3.08. The summed E-state index contributed by atoms with van der Waals surface area (Å²) < 4.78 is 0. The molecule has 5 nitrogen and oxygen atoms in total. The van der Waals surface area contributed by atoms with Crippen molar-refractivity contribution in [1.82, 2.24) is 15.2 Å². The predicted molar refractivity (Wildman–Crippen MR) is 115 cm³/mol. The van der Waals surface area contributed by atoms with Crippen LogP contribution in [-0.4, -0.2) is 41.3 Å². The Balaban J connectivity index is 1.50. The first-order valence-electron chi connectivity index (χ1n) is 10.3. The summed E-state index contributed by atoms with van der Waals surface area (Å²) in [6, 6.07) is 18.6. The van der Waals surface area contributed by atoms with Crippen LogP contribution >= 0.6 is 0 Å². The van der Waals surface area contributed by atoms with Crippen molar-refractivity contribution < 1.29 is 9.59 Å². The summed E-state index contributed by atoms with van der Waals surface area (Å²) in [5, 5.41) is 4.38. The Bertz CT molecular complexity index is 988. The number of H-pyrrole nitrogens is 1. The summed E-state index contributed by atoms with van der Waals surface area (Å²) in [6.45, 7) is 3.47. The van der Waals surface area contributed by atoms with Gasteiger partial charge in [0.1, 0.15) is 0 Å². The smallest absolute Gasteiger partial charge is 0.223 e. The highest BCUT2D eigenvalue weighted by Gasteiger charge is 2.27. The molecular formula is C24H27N3O2. The monoisotopic (exact) mass is 389 g/mol. The number of amides is 2. The highest BCUT2D eigenvalue weighted by Crippen LogP contribution is 2.30. The van der Waals surface area contributed by atoms with Crippen molar-refractivity contribution in [3.05, 3.63) is 71.9 Å². The second-order valence-electron chi connectivity index (χ2n) is 7.78. The van der Waals surface area contributed by atoms with Crippen molar-refractivity contribution in [1.29, 1.82) is 0 Å². The summed E-state index contributed by atoms with van der Waals surface area (Å²) >= 11 is 0. The number of nitrogens with zero attached hydrogens (tertiary/aromatic N) is 1. The van der Waals surface area contributed by atoms with E-state index in [4.69, 9.17) is 0 Å². The number of carbonyl (C=O) groups is 2. The van der Waals surface area contributed by atoms with E-state index in [1.807, 2.05) is 35.2 Å². The van der Waals surface area contributed by atoms with Gasteiger partial charge in [-0.25, -0.2) is 0 Å². The summed E-state index contributed by atoms with van der Waals surface area (Å²) in [4.78, 5) is 29.5. The molecule has 1 saturated heterocycles. The van der Waals surface area contributed by atoms with Gasteiger partial charge in [0, 0.05) is 55.5 Å². The predicted octanol–water partition coefficient (Wildman–Crippen LogP) is 3.67. The van der Waals surface area contributed by atoms with Crippen LogP contribution in [0, 0.1) is 5.92 Å². The number of likely N-dealkylation sites (tertiary alicyclic amines) is 1. The largest absolute Gasteiger partial charge is 0.361 e. The number of aromatic nitrogens is 1. The lowest BCUT2D eigenvalue weighted by molar-refractivity contribution is -0.133. The van der Waals surface area contributed by atoms with Gasteiger partial charge in [0.05, 0.1) is 0 Å². The van der Waals surface area contributed by atoms with Gasteiger partial charge in [0.15, 0.2) is 0 Å². The molecule has 2 amide bonds. The molecule has 0 saturated carbocycles. The molecule has 0 bridgehead atoms. The van der Waals surface area contributed by atoms with Gasteiger partial charge in [0.2, 0.25) is 11.8 Å². The first-order valence-corrected chi connectivity index (χ1v) is 10.3. The minimum absolute atomic E-state index is 0.0232. The van der Waals surface area contributed by atoms with Gasteiger partial charge in [-0.3, -0.25) is 9.59 Å². The molecule has 0 unspecified atom stereocenters. The van der Waals surface area contributed by atoms with E-state index >= 15 is 0 Å². The Morgan fingerprint density at radius 2 is 1.76 bits per heavy atom. The van der Waals surface area contributed by atoms with Gasteiger partial charge < -0.3 is 15.2 Å². The van der Waals surface area contributed by atoms with Crippen molar-refractivity contribution in [2.24, 2.45) is 5.92 Å². The quantitative estimate of drug-likeness (QED) is 0.699. The van der Waals surface area contributed by atoms with Crippen LogP contribution in [0.3, 0.4) is 0 Å². The Kier molecular flexibility index (Phi) is 5.65. The Morgan fingerprint density at radius 1 is 1.07 bits per heavy atom. The molecule has 29 heavy (non-hydrogen) atoms. The maximum Gasteiger partial charge on any atom is 0.223 e. The number of rotatable bonds is 5. The molecule has 2 heterocycles. The number of para-hydroxylation sites is 1. The van der Waals surface area contributed by atoms with E-state index in [1.54, 1.807) is 6.92 Å². The normalized spacial score (nSPS) is 16.0. The molecule has 1 aliphatic heterocycles. The van der Waals surface area contributed by atoms with Gasteiger partial charge in [-0.15, -0.1) is 0 Å². The van der Waals surface area contributed by atoms with E-state index < -0.39 is 0 Å². The van der Waals surface area contributed by atoms with Crippen LogP contribution in [0.5, 0.6) is 0 Å². The number of hydrogen-bond donors (Lipinski definition) is 2. The first kappa shape index (κ1) is 19.2. The summed E-state index contributed by atoms with van der Waals surface area (Å²) in [7, 11) is 0. The van der Waals surface area contributed by atoms with Crippen LogP contribution in [0.25, 0.3) is 10.9 Å². The van der Waals surface area contributed by atoms with Gasteiger partial charge in [0.25, 0.3) is 0 Å². The van der Waals surface area contributed by atoms with E-state index in [0.717, 1.165) is 18.4 Å². The van der Waals surface area contributed by atoms with Crippen LogP contribution in [0.2, 0.25) is 0 Å². The van der Waals surface area contributed by atoms with Crippen molar-refractivity contribution >= 4 is 22.7 Å². The minimum atomic E-state index is -0.0232. The molecule has 3 aromatic rings. The average Bonchev–Trinajstić information content (AvgIpc) is 3.19. The zero-order valence-corrected chi connectivity index (χ0v) is 16.7. The van der Waals surface area contributed by atoms with Crippen molar-refractivity contribution in [2.75, 3.05) is 19.6 Å². The van der Waals surface area contributed by atoms with Gasteiger partial charge >= 0.3 is 0 Å². The van der Waals surface area contributed by atoms with Crippen LogP contribution in [-0.2, 0) is 9.59 Å². The minimum Gasteiger partial charge on any atom is -0.361 e. The highest BCUT2D eigenvalue weighted by molar-refractivity contribution is 5.84. The second-order valence-corrected chi connectivity index (χ2v) is 7.78. The maximum atomic E-state index is 12.8. The molecular weight excluding hydrogens is 362 g/mol. The third-order valence-corrected chi connectivity index (χ3v) is 5.99. The fourth-order valence-corrected chi connectivity index (χ4v) is 4.28. The van der Waals surface area contributed by atoms with Crippen molar-refractivity contribution in [2.45, 2.75) is 25.7 Å². The van der Waals surface area contributed by atoms with Crippen LogP contribution in [0.4, 0.5) is 0 Å². The molecule has 0 aliphatic carbocycles. The molecule has 2 aromatic carbocycles. The molecule has 0 spiro atoms. The third-order valence-electron chi connectivity index (χ3n) is 5.99. The molecule has 150 valence electrons. The van der Waals surface area contributed by atoms with Gasteiger partial charge in [-0.05, 0) is 30.0 Å². The summed E-state index contributed by atoms with van der Waals surface area (Å²) in [5.74, 6) is 0.236. The van der Waals surface area contributed by atoms with E-state index in [1.165, 1.54) is 16.5 Å². The lowest BCUT2D eigenvalue weighted by atomic mass is 9.90. The van der Waals surface area contributed by atoms with E-state index in [2.05, 4.69) is 40.8 Å². The van der Waals surface area contributed by atoms with Gasteiger partial charge in [-0.1, -0.05) is 48.5 Å². The highest BCUT2D eigenvalue weighted by atomic mass is 16.2. The molecule has 1 aliphatic rings.